The van der Waals surface area contributed by atoms with Crippen LogP contribution in [0.1, 0.15) is 0 Å². The lowest BCUT2D eigenvalue weighted by Crippen LogP contribution is -2.29. The number of aromatic nitrogens is 2. The molecule has 0 aliphatic carbocycles. The molecule has 1 aromatic heterocycles. The lowest BCUT2D eigenvalue weighted by molar-refractivity contribution is -0.167. The van der Waals surface area contributed by atoms with Crippen molar-refractivity contribution in [1.29, 1.82) is 0 Å². The number of hydrogen-bond acceptors (Lipinski definition) is 2. The Morgan fingerprint density at radius 2 is 2.23 bits per heavy atom. The highest BCUT2D eigenvalue weighted by atomic mass is 19.4. The van der Waals surface area contributed by atoms with Gasteiger partial charge in [-0.3, -0.25) is 9.48 Å². The number of halogens is 3. The molecule has 0 spiro atoms. The number of alkyl halides is 3. The second-order valence-electron chi connectivity index (χ2n) is 2.35. The first-order chi connectivity index (χ1) is 5.89. The molecule has 13 heavy (non-hydrogen) atoms. The van der Waals surface area contributed by atoms with Crippen LogP contribution >= 0.6 is 0 Å². The van der Waals surface area contributed by atoms with Gasteiger partial charge in [0.2, 0.25) is 0 Å². The first kappa shape index (κ1) is 9.56. The summed E-state index contributed by atoms with van der Waals surface area (Å²) in [7, 11) is 1.53. The summed E-state index contributed by atoms with van der Waals surface area (Å²) in [4.78, 5) is 10.4. The van der Waals surface area contributed by atoms with Crippen LogP contribution in [0.5, 0.6) is 0 Å². The molecule has 4 nitrogen and oxygen atoms in total. The summed E-state index contributed by atoms with van der Waals surface area (Å²) < 4.78 is 36.4. The number of aryl methyl sites for hydroxylation is 1. The fourth-order valence-electron chi connectivity index (χ4n) is 0.688. The van der Waals surface area contributed by atoms with Gasteiger partial charge in [0.15, 0.2) is 0 Å². The van der Waals surface area contributed by atoms with Crippen molar-refractivity contribution >= 4 is 11.6 Å². The molecule has 0 aromatic carbocycles. The van der Waals surface area contributed by atoms with Gasteiger partial charge in [-0.2, -0.15) is 18.3 Å². The molecule has 0 bridgehead atoms. The minimum Gasteiger partial charge on any atom is -0.316 e. The molecule has 0 aliphatic heterocycles. The summed E-state index contributed by atoms with van der Waals surface area (Å²) in [5.74, 6) is -2.00. The maximum atomic E-state index is 11.7. The van der Waals surface area contributed by atoms with E-state index in [1.807, 2.05) is 0 Å². The maximum Gasteiger partial charge on any atom is 0.471 e. The predicted octanol–water partition coefficient (Wildman–Crippen LogP) is 0.921. The van der Waals surface area contributed by atoms with Crippen molar-refractivity contribution in [2.24, 2.45) is 7.05 Å². The van der Waals surface area contributed by atoms with Crippen LogP contribution in [-0.4, -0.2) is 21.9 Å². The minimum atomic E-state index is -4.87. The van der Waals surface area contributed by atoms with Crippen LogP contribution in [0.4, 0.5) is 18.9 Å². The number of anilines is 1. The third kappa shape index (κ3) is 2.46. The molecule has 0 saturated heterocycles. The van der Waals surface area contributed by atoms with Crippen molar-refractivity contribution in [1.82, 2.24) is 9.78 Å². The van der Waals surface area contributed by atoms with Crippen molar-refractivity contribution in [2.45, 2.75) is 6.18 Å². The third-order valence-corrected chi connectivity index (χ3v) is 1.22. The van der Waals surface area contributed by atoms with Gasteiger partial charge in [-0.1, -0.05) is 0 Å². The Balaban J connectivity index is 2.65. The van der Waals surface area contributed by atoms with E-state index in [0.29, 0.717) is 0 Å². The van der Waals surface area contributed by atoms with E-state index in [1.54, 1.807) is 5.32 Å². The molecule has 0 unspecified atom stereocenters. The number of amides is 1. The smallest absolute Gasteiger partial charge is 0.316 e. The van der Waals surface area contributed by atoms with Crippen LogP contribution in [0.15, 0.2) is 12.4 Å². The van der Waals surface area contributed by atoms with Gasteiger partial charge in [-0.15, -0.1) is 0 Å². The van der Waals surface area contributed by atoms with Crippen molar-refractivity contribution in [2.75, 3.05) is 5.32 Å². The quantitative estimate of drug-likeness (QED) is 0.720. The predicted molar refractivity (Wildman–Crippen MR) is 37.9 cm³/mol. The number of nitrogens with one attached hydrogen (secondary N) is 1. The molecule has 0 radical (unpaired) electrons. The molecule has 0 fully saturated rings. The Labute approximate surface area is 71.3 Å². The number of rotatable bonds is 1. The highest BCUT2D eigenvalue weighted by molar-refractivity contribution is 5.94. The molecule has 0 aliphatic rings. The third-order valence-electron chi connectivity index (χ3n) is 1.22. The summed E-state index contributed by atoms with van der Waals surface area (Å²) in [6, 6.07) is 0. The average molecular weight is 193 g/mol. The monoisotopic (exact) mass is 193 g/mol. The second kappa shape index (κ2) is 3.08. The van der Waals surface area contributed by atoms with Gasteiger partial charge < -0.3 is 5.32 Å². The number of nitrogens with zero attached hydrogens (tertiary/aromatic N) is 2. The number of carbonyl (C=O) groups is 1. The fraction of sp³-hybridized carbons (Fsp3) is 0.333. The Kier molecular flexibility index (Phi) is 2.26. The standard InChI is InChI=1S/C6H6F3N3O/c1-12-3-4(2-10-12)11-5(13)6(7,8)9/h2-3H,1H3,(H,11,13). The largest absolute Gasteiger partial charge is 0.471 e. The molecule has 72 valence electrons. The van der Waals surface area contributed by atoms with E-state index in [2.05, 4.69) is 5.10 Å². The highest BCUT2D eigenvalue weighted by Crippen LogP contribution is 2.17. The number of carbonyl (C=O) groups excluding carboxylic acids is 1. The van der Waals surface area contributed by atoms with Crippen LogP contribution < -0.4 is 5.32 Å². The molecule has 0 atom stereocenters. The van der Waals surface area contributed by atoms with E-state index in [1.165, 1.54) is 17.9 Å². The van der Waals surface area contributed by atoms with E-state index in [0.717, 1.165) is 6.20 Å². The molecule has 1 rings (SSSR count). The van der Waals surface area contributed by atoms with Crippen molar-refractivity contribution < 1.29 is 18.0 Å². The lowest BCUT2D eigenvalue weighted by atomic mass is 10.5. The zero-order chi connectivity index (χ0) is 10.1. The SMILES string of the molecule is Cn1cc(NC(=O)C(F)(F)F)cn1. The molecule has 0 saturated carbocycles. The van der Waals surface area contributed by atoms with Crippen molar-refractivity contribution in [3.05, 3.63) is 12.4 Å². The minimum absolute atomic E-state index is 0.0184. The average Bonchev–Trinajstić information content (AvgIpc) is 2.33. The van der Waals surface area contributed by atoms with E-state index in [9.17, 15) is 18.0 Å². The summed E-state index contributed by atoms with van der Waals surface area (Å²) in [6.45, 7) is 0. The fourth-order valence-corrected chi connectivity index (χ4v) is 0.688. The van der Waals surface area contributed by atoms with Crippen LogP contribution in [0.25, 0.3) is 0 Å². The summed E-state index contributed by atoms with van der Waals surface area (Å²) >= 11 is 0. The van der Waals surface area contributed by atoms with Gasteiger partial charge in [-0.05, 0) is 0 Å². The van der Waals surface area contributed by atoms with Gasteiger partial charge in [0.1, 0.15) is 0 Å². The van der Waals surface area contributed by atoms with Gasteiger partial charge in [0.25, 0.3) is 0 Å². The van der Waals surface area contributed by atoms with E-state index in [4.69, 9.17) is 0 Å². The Morgan fingerprint density at radius 1 is 1.62 bits per heavy atom. The topological polar surface area (TPSA) is 46.9 Å². The van der Waals surface area contributed by atoms with E-state index < -0.39 is 12.1 Å². The van der Waals surface area contributed by atoms with Gasteiger partial charge in [0, 0.05) is 13.2 Å². The van der Waals surface area contributed by atoms with Crippen molar-refractivity contribution in [3.63, 3.8) is 0 Å². The normalized spacial score (nSPS) is 11.4. The molecular weight excluding hydrogens is 187 g/mol. The lowest BCUT2D eigenvalue weighted by Gasteiger charge is -2.04. The number of hydrogen-bond donors (Lipinski definition) is 1. The Bertz CT molecular complexity index is 317. The molecule has 1 N–H and O–H groups in total. The van der Waals surface area contributed by atoms with Crippen LogP contribution in [0, 0.1) is 0 Å². The molecular formula is C6H6F3N3O. The van der Waals surface area contributed by atoms with Gasteiger partial charge in [0.05, 0.1) is 11.9 Å². The first-order valence-corrected chi connectivity index (χ1v) is 3.26. The summed E-state index contributed by atoms with van der Waals surface area (Å²) in [5, 5.41) is 5.24. The molecule has 1 amide bonds. The maximum absolute atomic E-state index is 11.7. The van der Waals surface area contributed by atoms with Crippen LogP contribution in [0.3, 0.4) is 0 Å². The van der Waals surface area contributed by atoms with Crippen molar-refractivity contribution in [3.8, 4) is 0 Å². The molecule has 1 heterocycles. The zero-order valence-electron chi connectivity index (χ0n) is 6.59. The van der Waals surface area contributed by atoms with E-state index >= 15 is 0 Å². The summed E-state index contributed by atoms with van der Waals surface area (Å²) in [5.41, 5.74) is 0.0184. The second-order valence-corrected chi connectivity index (χ2v) is 2.35. The Hall–Kier alpha value is -1.53. The highest BCUT2D eigenvalue weighted by Gasteiger charge is 2.38. The zero-order valence-corrected chi connectivity index (χ0v) is 6.59. The van der Waals surface area contributed by atoms with E-state index in [-0.39, 0.29) is 5.69 Å². The van der Waals surface area contributed by atoms with Crippen LogP contribution in [-0.2, 0) is 11.8 Å². The molecule has 1 aromatic rings. The summed E-state index contributed by atoms with van der Waals surface area (Å²) in [6.07, 6.45) is -2.47. The van der Waals surface area contributed by atoms with Gasteiger partial charge >= 0.3 is 12.1 Å². The molecule has 7 heteroatoms. The van der Waals surface area contributed by atoms with Gasteiger partial charge in [-0.25, -0.2) is 0 Å². The Morgan fingerprint density at radius 3 is 2.62 bits per heavy atom. The first-order valence-electron chi connectivity index (χ1n) is 3.26. The van der Waals surface area contributed by atoms with Crippen LogP contribution in [0.2, 0.25) is 0 Å².